The molecule has 0 aliphatic heterocycles. The maximum atomic E-state index is 11.9. The minimum atomic E-state index is -0.350. The van der Waals surface area contributed by atoms with Crippen molar-refractivity contribution in [2.24, 2.45) is 5.10 Å². The number of fused-ring (bicyclic) bond motifs is 1. The average Bonchev–Trinajstić information content (AvgIpc) is 2.87. The van der Waals surface area contributed by atoms with Crippen LogP contribution in [-0.2, 0) is 11.4 Å². The van der Waals surface area contributed by atoms with Crippen molar-refractivity contribution in [3.05, 3.63) is 102 Å². The summed E-state index contributed by atoms with van der Waals surface area (Å²) in [5.41, 5.74) is 4.40. The summed E-state index contributed by atoms with van der Waals surface area (Å²) in [6, 6.07) is 29.1. The number of rotatable bonds is 9. The number of methoxy groups -OCH3 is 1. The quantitative estimate of drug-likeness (QED) is 0.295. The second-order valence-corrected chi connectivity index (χ2v) is 7.30. The Hall–Kier alpha value is -4.32. The highest BCUT2D eigenvalue weighted by atomic mass is 16.5. The highest BCUT2D eigenvalue weighted by molar-refractivity contribution is 5.83. The van der Waals surface area contributed by atoms with Crippen LogP contribution in [0.5, 0.6) is 17.2 Å². The lowest BCUT2D eigenvalue weighted by molar-refractivity contribution is -0.123. The molecule has 0 bridgehead atoms. The molecule has 0 saturated carbocycles. The van der Waals surface area contributed by atoms with Gasteiger partial charge in [0.15, 0.2) is 6.61 Å². The van der Waals surface area contributed by atoms with Gasteiger partial charge >= 0.3 is 0 Å². The molecule has 0 radical (unpaired) electrons. The van der Waals surface area contributed by atoms with Crippen molar-refractivity contribution in [1.82, 2.24) is 5.43 Å². The largest absolute Gasteiger partial charge is 0.497 e. The molecule has 4 aromatic rings. The van der Waals surface area contributed by atoms with Crippen molar-refractivity contribution in [2.45, 2.75) is 6.61 Å². The Balaban J connectivity index is 1.22. The Morgan fingerprint density at radius 1 is 0.818 bits per heavy atom. The van der Waals surface area contributed by atoms with Crippen LogP contribution in [0, 0.1) is 0 Å². The minimum Gasteiger partial charge on any atom is -0.497 e. The number of carbonyl (C=O) groups excluding carboxylic acids is 1. The number of benzene rings is 4. The number of nitrogens with zero attached hydrogens (tertiary/aromatic N) is 1. The standard InChI is InChI=1S/C27H24N2O4/c1-31-24-12-14-26(15-13-24)33-19-27(30)29-28-17-20-7-10-25(11-8-20)32-18-21-6-9-22-4-2-3-5-23(22)16-21/h2-17H,18-19H2,1H3,(H,29,30)/b28-17-. The maximum absolute atomic E-state index is 11.9. The summed E-state index contributed by atoms with van der Waals surface area (Å²) in [7, 11) is 1.59. The number of amides is 1. The second-order valence-electron chi connectivity index (χ2n) is 7.30. The van der Waals surface area contributed by atoms with E-state index in [1.165, 1.54) is 10.8 Å². The molecule has 4 rings (SSSR count). The molecule has 0 aliphatic rings. The van der Waals surface area contributed by atoms with Crippen molar-refractivity contribution in [3.8, 4) is 17.2 Å². The third-order valence-corrected chi connectivity index (χ3v) is 4.93. The molecule has 0 heterocycles. The van der Waals surface area contributed by atoms with Gasteiger partial charge in [0.2, 0.25) is 0 Å². The smallest absolute Gasteiger partial charge is 0.277 e. The van der Waals surface area contributed by atoms with Gasteiger partial charge in [-0.3, -0.25) is 4.79 Å². The first kappa shape index (κ1) is 21.9. The molecule has 1 N–H and O–H groups in total. The van der Waals surface area contributed by atoms with Gasteiger partial charge in [0, 0.05) is 0 Å². The lowest BCUT2D eigenvalue weighted by atomic mass is 10.1. The van der Waals surface area contributed by atoms with Gasteiger partial charge in [0.1, 0.15) is 23.9 Å². The molecule has 0 aromatic heterocycles. The fraction of sp³-hybridized carbons (Fsp3) is 0.111. The first-order chi connectivity index (χ1) is 16.2. The Labute approximate surface area is 192 Å². The van der Waals surface area contributed by atoms with E-state index >= 15 is 0 Å². The van der Waals surface area contributed by atoms with Gasteiger partial charge in [-0.1, -0.05) is 36.4 Å². The number of hydrogen-bond donors (Lipinski definition) is 1. The fourth-order valence-electron chi connectivity index (χ4n) is 3.18. The fourth-order valence-corrected chi connectivity index (χ4v) is 3.18. The van der Waals surface area contributed by atoms with Crippen molar-refractivity contribution in [1.29, 1.82) is 0 Å². The highest BCUT2D eigenvalue weighted by Gasteiger charge is 2.02. The van der Waals surface area contributed by atoms with Crippen LogP contribution < -0.4 is 19.6 Å². The molecule has 166 valence electrons. The molecule has 1 amide bonds. The average molecular weight is 440 g/mol. The Morgan fingerprint density at radius 2 is 1.48 bits per heavy atom. The summed E-state index contributed by atoms with van der Waals surface area (Å²) >= 11 is 0. The zero-order valence-corrected chi connectivity index (χ0v) is 18.2. The number of nitrogens with one attached hydrogen (secondary N) is 1. The Bertz CT molecular complexity index is 1240. The van der Waals surface area contributed by atoms with Gasteiger partial charge < -0.3 is 14.2 Å². The molecule has 6 heteroatoms. The van der Waals surface area contributed by atoms with Crippen LogP contribution >= 0.6 is 0 Å². The van der Waals surface area contributed by atoms with Crippen LogP contribution in [-0.4, -0.2) is 25.8 Å². The van der Waals surface area contributed by atoms with Crippen LogP contribution in [0.4, 0.5) is 0 Å². The molecule has 0 unspecified atom stereocenters. The summed E-state index contributed by atoms with van der Waals surface area (Å²) in [6.07, 6.45) is 1.57. The van der Waals surface area contributed by atoms with Gasteiger partial charge in [-0.05, 0) is 76.5 Å². The van der Waals surface area contributed by atoms with Crippen molar-refractivity contribution in [2.75, 3.05) is 13.7 Å². The summed E-state index contributed by atoms with van der Waals surface area (Å²) in [6.45, 7) is 0.355. The second kappa shape index (κ2) is 10.8. The van der Waals surface area contributed by atoms with E-state index in [2.05, 4.69) is 40.9 Å². The first-order valence-corrected chi connectivity index (χ1v) is 10.5. The summed E-state index contributed by atoms with van der Waals surface area (Å²) in [5.74, 6) is 1.71. The van der Waals surface area contributed by atoms with E-state index in [1.54, 1.807) is 37.6 Å². The molecular weight excluding hydrogens is 416 g/mol. The van der Waals surface area contributed by atoms with E-state index in [0.717, 1.165) is 22.6 Å². The summed E-state index contributed by atoms with van der Waals surface area (Å²) in [5, 5.41) is 6.38. The van der Waals surface area contributed by atoms with E-state index in [-0.39, 0.29) is 12.5 Å². The van der Waals surface area contributed by atoms with E-state index < -0.39 is 0 Å². The van der Waals surface area contributed by atoms with E-state index in [0.29, 0.717) is 12.4 Å². The van der Waals surface area contributed by atoms with Gasteiger partial charge in [0.25, 0.3) is 5.91 Å². The zero-order chi connectivity index (χ0) is 22.9. The number of carbonyl (C=O) groups is 1. The number of ether oxygens (including phenoxy) is 3. The molecule has 4 aromatic carbocycles. The topological polar surface area (TPSA) is 69.2 Å². The van der Waals surface area contributed by atoms with Gasteiger partial charge in [-0.2, -0.15) is 5.10 Å². The van der Waals surface area contributed by atoms with Gasteiger partial charge in [0.05, 0.1) is 13.3 Å². The monoisotopic (exact) mass is 440 g/mol. The number of hydrazone groups is 1. The van der Waals surface area contributed by atoms with Gasteiger partial charge in [-0.15, -0.1) is 0 Å². The molecule has 0 saturated heterocycles. The normalized spacial score (nSPS) is 10.8. The third kappa shape index (κ3) is 6.33. The van der Waals surface area contributed by atoms with E-state index in [9.17, 15) is 4.79 Å². The molecule has 0 atom stereocenters. The van der Waals surface area contributed by atoms with Crippen LogP contribution in [0.25, 0.3) is 10.8 Å². The molecule has 0 spiro atoms. The van der Waals surface area contributed by atoms with E-state index in [1.807, 2.05) is 36.4 Å². The first-order valence-electron chi connectivity index (χ1n) is 10.5. The van der Waals surface area contributed by atoms with Crippen molar-refractivity contribution in [3.63, 3.8) is 0 Å². The van der Waals surface area contributed by atoms with E-state index in [4.69, 9.17) is 14.2 Å². The molecule has 0 fully saturated rings. The molecular formula is C27H24N2O4. The Kier molecular flexibility index (Phi) is 7.18. The van der Waals surface area contributed by atoms with Gasteiger partial charge in [-0.25, -0.2) is 5.43 Å². The van der Waals surface area contributed by atoms with Crippen LogP contribution in [0.3, 0.4) is 0 Å². The Morgan fingerprint density at radius 3 is 2.24 bits per heavy atom. The number of hydrogen-bond acceptors (Lipinski definition) is 5. The predicted octanol–water partition coefficient (Wildman–Crippen LogP) is 4.96. The van der Waals surface area contributed by atoms with Crippen LogP contribution in [0.2, 0.25) is 0 Å². The lowest BCUT2D eigenvalue weighted by Gasteiger charge is -2.08. The zero-order valence-electron chi connectivity index (χ0n) is 18.2. The molecule has 0 aliphatic carbocycles. The highest BCUT2D eigenvalue weighted by Crippen LogP contribution is 2.19. The predicted molar refractivity (Wildman–Crippen MR) is 129 cm³/mol. The third-order valence-electron chi connectivity index (χ3n) is 4.93. The van der Waals surface area contributed by atoms with Crippen molar-refractivity contribution >= 4 is 22.9 Å². The lowest BCUT2D eigenvalue weighted by Crippen LogP contribution is -2.24. The summed E-state index contributed by atoms with van der Waals surface area (Å²) < 4.78 is 16.4. The van der Waals surface area contributed by atoms with Crippen LogP contribution in [0.1, 0.15) is 11.1 Å². The molecule has 6 nitrogen and oxygen atoms in total. The van der Waals surface area contributed by atoms with Crippen LogP contribution in [0.15, 0.2) is 96.1 Å². The SMILES string of the molecule is COc1ccc(OCC(=O)N/N=C\c2ccc(OCc3ccc4ccccc4c3)cc2)cc1. The maximum Gasteiger partial charge on any atom is 0.277 e. The minimum absolute atomic E-state index is 0.134. The molecule has 33 heavy (non-hydrogen) atoms. The van der Waals surface area contributed by atoms with Crippen molar-refractivity contribution < 1.29 is 19.0 Å². The summed E-state index contributed by atoms with van der Waals surface area (Å²) in [4.78, 5) is 11.9.